The zero-order chi connectivity index (χ0) is 13.0. The first kappa shape index (κ1) is 12.6. The molecule has 6 nitrogen and oxygen atoms in total. The summed E-state index contributed by atoms with van der Waals surface area (Å²) in [7, 11) is 0. The van der Waals surface area contributed by atoms with Gasteiger partial charge in [0, 0.05) is 19.6 Å². The summed E-state index contributed by atoms with van der Waals surface area (Å²) in [5.74, 6) is 1.30. The van der Waals surface area contributed by atoms with Crippen LogP contribution in [0.4, 0.5) is 17.3 Å². The van der Waals surface area contributed by atoms with E-state index in [9.17, 15) is 10.1 Å². The fourth-order valence-electron chi connectivity index (χ4n) is 2.06. The SMILES string of the molecule is CCCNc1cc([N+](=O)[O-])cc(N2CCCC2)n1. The minimum atomic E-state index is -0.363. The summed E-state index contributed by atoms with van der Waals surface area (Å²) in [6.45, 7) is 4.68. The molecule has 0 atom stereocenters. The van der Waals surface area contributed by atoms with Crippen molar-refractivity contribution in [3.63, 3.8) is 0 Å². The molecule has 18 heavy (non-hydrogen) atoms. The predicted octanol–water partition coefficient (Wildman–Crippen LogP) is 2.41. The Morgan fingerprint density at radius 2 is 2.17 bits per heavy atom. The smallest absolute Gasteiger partial charge is 0.276 e. The molecular formula is C12H18N4O2. The lowest BCUT2D eigenvalue weighted by Gasteiger charge is -2.17. The van der Waals surface area contributed by atoms with Crippen molar-refractivity contribution in [1.29, 1.82) is 0 Å². The van der Waals surface area contributed by atoms with Crippen LogP contribution in [-0.4, -0.2) is 29.5 Å². The summed E-state index contributed by atoms with van der Waals surface area (Å²) < 4.78 is 0. The van der Waals surface area contributed by atoms with Crippen molar-refractivity contribution in [1.82, 2.24) is 4.98 Å². The van der Waals surface area contributed by atoms with Crippen molar-refractivity contribution in [3.8, 4) is 0 Å². The van der Waals surface area contributed by atoms with Crippen LogP contribution in [0.15, 0.2) is 12.1 Å². The number of nitrogens with one attached hydrogen (secondary N) is 1. The Kier molecular flexibility index (Phi) is 3.96. The van der Waals surface area contributed by atoms with Crippen LogP contribution in [0.1, 0.15) is 26.2 Å². The normalized spacial score (nSPS) is 14.8. The molecule has 0 radical (unpaired) electrons. The highest BCUT2D eigenvalue weighted by atomic mass is 16.6. The van der Waals surface area contributed by atoms with Gasteiger partial charge in [-0.3, -0.25) is 10.1 Å². The number of hydrogen-bond donors (Lipinski definition) is 1. The van der Waals surface area contributed by atoms with E-state index in [1.807, 2.05) is 6.92 Å². The van der Waals surface area contributed by atoms with Gasteiger partial charge in [-0.1, -0.05) is 6.92 Å². The van der Waals surface area contributed by atoms with Crippen LogP contribution in [0.5, 0.6) is 0 Å². The molecule has 0 bridgehead atoms. The lowest BCUT2D eigenvalue weighted by Crippen LogP contribution is -2.19. The summed E-state index contributed by atoms with van der Waals surface area (Å²) in [4.78, 5) is 17.1. The maximum Gasteiger partial charge on any atom is 0.276 e. The topological polar surface area (TPSA) is 71.3 Å². The molecule has 0 saturated carbocycles. The number of anilines is 2. The van der Waals surface area contributed by atoms with E-state index in [-0.39, 0.29) is 10.6 Å². The van der Waals surface area contributed by atoms with Crippen LogP contribution in [0, 0.1) is 10.1 Å². The van der Waals surface area contributed by atoms with Gasteiger partial charge in [-0.05, 0) is 19.3 Å². The molecule has 2 heterocycles. The second-order valence-electron chi connectivity index (χ2n) is 4.45. The average Bonchev–Trinajstić information content (AvgIpc) is 2.89. The summed E-state index contributed by atoms with van der Waals surface area (Å²) >= 11 is 0. The highest BCUT2D eigenvalue weighted by Crippen LogP contribution is 2.25. The van der Waals surface area contributed by atoms with Crippen molar-refractivity contribution in [3.05, 3.63) is 22.2 Å². The number of pyridine rings is 1. The third-order valence-corrected chi connectivity index (χ3v) is 2.99. The Morgan fingerprint density at radius 3 is 2.78 bits per heavy atom. The minimum Gasteiger partial charge on any atom is -0.370 e. The molecule has 0 aliphatic carbocycles. The molecule has 98 valence electrons. The third-order valence-electron chi connectivity index (χ3n) is 2.99. The van der Waals surface area contributed by atoms with Gasteiger partial charge in [0.1, 0.15) is 11.6 Å². The van der Waals surface area contributed by atoms with Crippen LogP contribution in [-0.2, 0) is 0 Å². The van der Waals surface area contributed by atoms with Crippen LogP contribution >= 0.6 is 0 Å². The predicted molar refractivity (Wildman–Crippen MR) is 71.1 cm³/mol. The number of hydrogen-bond acceptors (Lipinski definition) is 5. The Labute approximate surface area is 106 Å². The zero-order valence-corrected chi connectivity index (χ0v) is 10.6. The second-order valence-corrected chi connectivity index (χ2v) is 4.45. The Morgan fingerprint density at radius 1 is 1.44 bits per heavy atom. The number of aromatic nitrogens is 1. The van der Waals surface area contributed by atoms with E-state index in [0.29, 0.717) is 11.6 Å². The summed E-state index contributed by atoms with van der Waals surface area (Å²) in [5.41, 5.74) is 0.102. The minimum absolute atomic E-state index is 0.102. The molecule has 0 unspecified atom stereocenters. The first-order chi connectivity index (χ1) is 8.70. The van der Waals surface area contributed by atoms with Gasteiger partial charge in [0.05, 0.1) is 17.1 Å². The van der Waals surface area contributed by atoms with E-state index >= 15 is 0 Å². The third kappa shape index (κ3) is 2.88. The van der Waals surface area contributed by atoms with Crippen LogP contribution in [0.2, 0.25) is 0 Å². The van der Waals surface area contributed by atoms with E-state index in [2.05, 4.69) is 15.2 Å². The molecule has 1 aromatic rings. The van der Waals surface area contributed by atoms with E-state index in [4.69, 9.17) is 0 Å². The van der Waals surface area contributed by atoms with Crippen LogP contribution in [0.25, 0.3) is 0 Å². The number of rotatable bonds is 5. The summed E-state index contributed by atoms with van der Waals surface area (Å²) in [6, 6.07) is 3.05. The fourth-order valence-corrected chi connectivity index (χ4v) is 2.06. The molecule has 1 aliphatic rings. The maximum absolute atomic E-state index is 10.9. The largest absolute Gasteiger partial charge is 0.370 e. The van der Waals surface area contributed by atoms with E-state index in [1.165, 1.54) is 6.07 Å². The second kappa shape index (κ2) is 5.66. The maximum atomic E-state index is 10.9. The lowest BCUT2D eigenvalue weighted by atomic mass is 10.3. The summed E-state index contributed by atoms with van der Waals surface area (Å²) in [5, 5.41) is 14.0. The van der Waals surface area contributed by atoms with Gasteiger partial charge >= 0.3 is 0 Å². The average molecular weight is 250 g/mol. The molecule has 1 fully saturated rings. The van der Waals surface area contributed by atoms with Crippen molar-refractivity contribution in [2.24, 2.45) is 0 Å². The first-order valence-corrected chi connectivity index (χ1v) is 6.36. The van der Waals surface area contributed by atoms with Crippen molar-refractivity contribution < 1.29 is 4.92 Å². The van der Waals surface area contributed by atoms with E-state index in [1.54, 1.807) is 6.07 Å². The molecule has 0 aromatic carbocycles. The molecule has 1 N–H and O–H groups in total. The zero-order valence-electron chi connectivity index (χ0n) is 10.6. The molecule has 1 saturated heterocycles. The van der Waals surface area contributed by atoms with Gasteiger partial charge in [0.25, 0.3) is 5.69 Å². The summed E-state index contributed by atoms with van der Waals surface area (Å²) in [6.07, 6.45) is 3.22. The van der Waals surface area contributed by atoms with Gasteiger partial charge in [0.2, 0.25) is 0 Å². The van der Waals surface area contributed by atoms with Crippen molar-refractivity contribution in [2.45, 2.75) is 26.2 Å². The quantitative estimate of drug-likeness (QED) is 0.641. The Bertz CT molecular complexity index is 430. The van der Waals surface area contributed by atoms with Gasteiger partial charge in [-0.2, -0.15) is 0 Å². The highest BCUT2D eigenvalue weighted by Gasteiger charge is 2.18. The van der Waals surface area contributed by atoms with Crippen molar-refractivity contribution in [2.75, 3.05) is 29.9 Å². The van der Waals surface area contributed by atoms with Crippen molar-refractivity contribution >= 4 is 17.3 Å². The van der Waals surface area contributed by atoms with Crippen LogP contribution in [0.3, 0.4) is 0 Å². The van der Waals surface area contributed by atoms with E-state index < -0.39 is 0 Å². The van der Waals surface area contributed by atoms with Gasteiger partial charge in [-0.15, -0.1) is 0 Å². The van der Waals surface area contributed by atoms with Crippen LogP contribution < -0.4 is 10.2 Å². The molecule has 1 aromatic heterocycles. The molecule has 1 aliphatic heterocycles. The Hall–Kier alpha value is -1.85. The number of nitrogens with zero attached hydrogens (tertiary/aromatic N) is 3. The molecular weight excluding hydrogens is 232 g/mol. The Balaban J connectivity index is 2.26. The molecule has 2 rings (SSSR count). The fraction of sp³-hybridized carbons (Fsp3) is 0.583. The molecule has 0 amide bonds. The van der Waals surface area contributed by atoms with Gasteiger partial charge in [-0.25, -0.2) is 4.98 Å². The van der Waals surface area contributed by atoms with Gasteiger partial charge < -0.3 is 10.2 Å². The molecule has 6 heteroatoms. The lowest BCUT2D eigenvalue weighted by molar-refractivity contribution is -0.384. The monoisotopic (exact) mass is 250 g/mol. The standard InChI is InChI=1S/C12H18N4O2/c1-2-5-13-11-8-10(16(17)18)9-12(14-11)15-6-3-4-7-15/h8-9H,2-7H2,1H3,(H,13,14). The van der Waals surface area contributed by atoms with E-state index in [0.717, 1.165) is 38.9 Å². The van der Waals surface area contributed by atoms with Gasteiger partial charge in [0.15, 0.2) is 0 Å². The first-order valence-electron chi connectivity index (χ1n) is 6.36. The molecule has 0 spiro atoms. The highest BCUT2D eigenvalue weighted by molar-refractivity contribution is 5.56. The number of nitro groups is 1.